The van der Waals surface area contributed by atoms with Crippen LogP contribution in [0.5, 0.6) is 0 Å². The largest absolute Gasteiger partial charge is 0.393 e. The minimum atomic E-state index is -0.279. The number of hydrogen-bond acceptors (Lipinski definition) is 3. The van der Waals surface area contributed by atoms with Crippen molar-refractivity contribution in [3.8, 4) is 0 Å². The molecule has 0 radical (unpaired) electrons. The molecule has 3 fully saturated rings. The fourth-order valence-electron chi connectivity index (χ4n) is 10.2. The fraction of sp³-hybridized carbons (Fsp3) is 0.765. The number of halogens is 1. The van der Waals surface area contributed by atoms with Crippen molar-refractivity contribution in [3.05, 3.63) is 46.5 Å². The van der Waals surface area contributed by atoms with E-state index in [-0.39, 0.29) is 33.9 Å². The summed E-state index contributed by atoms with van der Waals surface area (Å²) in [5.74, 6) is 2.22. The predicted molar refractivity (Wildman–Crippen MR) is 158 cm³/mol. The van der Waals surface area contributed by atoms with Crippen LogP contribution in [-0.2, 0) is 6.54 Å². The number of hydrogen-bond donors (Lipinski definition) is 3. The van der Waals surface area contributed by atoms with E-state index in [9.17, 15) is 10.2 Å². The molecular formula is C34H52ClNO2. The highest BCUT2D eigenvalue weighted by Gasteiger charge is 2.70. The molecule has 3 nitrogen and oxygen atoms in total. The van der Waals surface area contributed by atoms with Gasteiger partial charge in [0.2, 0.25) is 0 Å². The van der Waals surface area contributed by atoms with Gasteiger partial charge in [0.15, 0.2) is 0 Å². The third-order valence-corrected chi connectivity index (χ3v) is 13.2. The highest BCUT2D eigenvalue weighted by Crippen LogP contribution is 2.74. The SMILES string of the molecule is C[C@H](CCCNCc1ccc(Cl)cc1)[C@H]1CC[C@@]2(C)[C@@H]3CC=C4[C@@H](CC[C@H](O)C4(C)C)[C@]3(C)[C@H](O)C[C@]12C. The molecule has 38 heavy (non-hydrogen) atoms. The van der Waals surface area contributed by atoms with E-state index in [1.165, 1.54) is 36.8 Å². The molecule has 3 N–H and O–H groups in total. The lowest BCUT2D eigenvalue weighted by atomic mass is 9.38. The maximum atomic E-state index is 12.0. The molecule has 1 aromatic rings. The first-order valence-corrected chi connectivity index (χ1v) is 15.8. The van der Waals surface area contributed by atoms with Crippen molar-refractivity contribution < 1.29 is 10.2 Å². The quantitative estimate of drug-likeness (QED) is 0.244. The highest BCUT2D eigenvalue weighted by molar-refractivity contribution is 6.30. The van der Waals surface area contributed by atoms with E-state index in [0.29, 0.717) is 23.7 Å². The normalized spacial score (nSPS) is 42.6. The smallest absolute Gasteiger partial charge is 0.0628 e. The summed E-state index contributed by atoms with van der Waals surface area (Å²) in [4.78, 5) is 0. The van der Waals surface area contributed by atoms with Gasteiger partial charge in [0, 0.05) is 22.4 Å². The van der Waals surface area contributed by atoms with E-state index in [0.717, 1.165) is 43.8 Å². The Labute approximate surface area is 236 Å². The van der Waals surface area contributed by atoms with Crippen molar-refractivity contribution >= 4 is 11.6 Å². The lowest BCUT2D eigenvalue weighted by Crippen LogP contribution is -2.64. The van der Waals surface area contributed by atoms with Crippen LogP contribution in [0.4, 0.5) is 0 Å². The van der Waals surface area contributed by atoms with Gasteiger partial charge < -0.3 is 15.5 Å². The second-order valence-corrected chi connectivity index (χ2v) is 15.2. The summed E-state index contributed by atoms with van der Waals surface area (Å²) in [6.07, 6.45) is 10.8. The molecule has 5 rings (SSSR count). The number of aliphatic hydroxyl groups excluding tert-OH is 2. The van der Waals surface area contributed by atoms with Crippen molar-refractivity contribution in [3.63, 3.8) is 0 Å². The molecule has 0 bridgehead atoms. The molecule has 212 valence electrons. The van der Waals surface area contributed by atoms with Crippen LogP contribution in [0, 0.1) is 45.3 Å². The fourth-order valence-corrected chi connectivity index (χ4v) is 10.4. The average Bonchev–Trinajstić information content (AvgIpc) is 3.13. The third kappa shape index (κ3) is 4.34. The Balaban J connectivity index is 1.27. The first-order valence-electron chi connectivity index (χ1n) is 15.4. The summed E-state index contributed by atoms with van der Waals surface area (Å²) in [5.41, 5.74) is 2.83. The predicted octanol–water partition coefficient (Wildman–Crippen LogP) is 7.78. The molecule has 0 aliphatic heterocycles. The minimum absolute atomic E-state index is 0.0978. The number of benzene rings is 1. The molecule has 1 aromatic carbocycles. The Kier molecular flexibility index (Phi) is 7.69. The van der Waals surface area contributed by atoms with E-state index >= 15 is 0 Å². The topological polar surface area (TPSA) is 52.5 Å². The number of nitrogens with one attached hydrogen (secondary N) is 1. The van der Waals surface area contributed by atoms with Crippen LogP contribution in [0.3, 0.4) is 0 Å². The van der Waals surface area contributed by atoms with Gasteiger partial charge >= 0.3 is 0 Å². The first-order chi connectivity index (χ1) is 17.9. The molecule has 0 spiro atoms. The maximum Gasteiger partial charge on any atom is 0.0628 e. The average molecular weight is 542 g/mol. The lowest BCUT2D eigenvalue weighted by Gasteiger charge is -2.67. The van der Waals surface area contributed by atoms with Gasteiger partial charge in [0.05, 0.1) is 12.2 Å². The van der Waals surface area contributed by atoms with Gasteiger partial charge in [-0.05, 0) is 110 Å². The van der Waals surface area contributed by atoms with Crippen LogP contribution in [0.25, 0.3) is 0 Å². The molecule has 0 amide bonds. The van der Waals surface area contributed by atoms with Crippen molar-refractivity contribution in [1.82, 2.24) is 5.32 Å². The number of fused-ring (bicyclic) bond motifs is 5. The van der Waals surface area contributed by atoms with Crippen molar-refractivity contribution in [1.29, 1.82) is 0 Å². The van der Waals surface area contributed by atoms with E-state index in [1.54, 1.807) is 0 Å². The van der Waals surface area contributed by atoms with Crippen molar-refractivity contribution in [2.45, 2.75) is 112 Å². The van der Waals surface area contributed by atoms with Gasteiger partial charge in [-0.3, -0.25) is 0 Å². The summed E-state index contributed by atoms with van der Waals surface area (Å²) in [5, 5.41) is 27.3. The van der Waals surface area contributed by atoms with Crippen molar-refractivity contribution in [2.75, 3.05) is 6.54 Å². The van der Waals surface area contributed by atoms with Crippen LogP contribution in [0.1, 0.15) is 98.5 Å². The second kappa shape index (κ2) is 10.2. The van der Waals surface area contributed by atoms with Crippen LogP contribution in [-0.4, -0.2) is 29.0 Å². The zero-order valence-corrected chi connectivity index (χ0v) is 25.5. The Hall–Kier alpha value is -0.870. The molecule has 4 heteroatoms. The Bertz CT molecular complexity index is 1040. The second-order valence-electron chi connectivity index (χ2n) is 14.8. The van der Waals surface area contributed by atoms with Crippen LogP contribution in [0.15, 0.2) is 35.9 Å². The standard InChI is InChI=1S/C34H52ClNO2/c1-22(8-7-19-36-21-23-9-11-24(35)12-10-23)25-17-18-32(4)28-15-13-26-27(14-16-29(37)31(26,2)3)34(28,6)30(38)20-33(25,32)5/h9-13,22,25,27-30,36-38H,7-8,14-21H2,1-6H3/t22-,25-,27-,28+,29+,30-,32+,33-,34+/m1/s1. The maximum absolute atomic E-state index is 12.0. The zero-order valence-electron chi connectivity index (χ0n) is 24.7. The number of aliphatic hydroxyl groups is 2. The van der Waals surface area contributed by atoms with E-state index in [2.05, 4.69) is 65.1 Å². The summed E-state index contributed by atoms with van der Waals surface area (Å²) < 4.78 is 0. The van der Waals surface area contributed by atoms with Crippen molar-refractivity contribution in [2.24, 2.45) is 45.3 Å². The molecular weight excluding hydrogens is 490 g/mol. The summed E-state index contributed by atoms with van der Waals surface area (Å²) in [6.45, 7) is 16.4. The van der Waals surface area contributed by atoms with E-state index in [1.807, 2.05) is 12.1 Å². The van der Waals surface area contributed by atoms with Crippen LogP contribution >= 0.6 is 11.6 Å². The van der Waals surface area contributed by atoms with Crippen LogP contribution in [0.2, 0.25) is 5.02 Å². The molecule has 3 saturated carbocycles. The molecule has 4 aliphatic carbocycles. The lowest BCUT2D eigenvalue weighted by molar-refractivity contribution is -0.204. The molecule has 9 atom stereocenters. The van der Waals surface area contributed by atoms with Gasteiger partial charge in [-0.1, -0.05) is 76.9 Å². The number of rotatable bonds is 7. The van der Waals surface area contributed by atoms with Gasteiger partial charge in [0.25, 0.3) is 0 Å². The molecule has 0 heterocycles. The molecule has 4 aliphatic rings. The van der Waals surface area contributed by atoms with Crippen LogP contribution < -0.4 is 5.32 Å². The van der Waals surface area contributed by atoms with E-state index < -0.39 is 0 Å². The third-order valence-electron chi connectivity index (χ3n) is 12.9. The van der Waals surface area contributed by atoms with Gasteiger partial charge in [-0.15, -0.1) is 0 Å². The van der Waals surface area contributed by atoms with E-state index in [4.69, 9.17) is 11.6 Å². The molecule has 0 unspecified atom stereocenters. The molecule has 0 aromatic heterocycles. The highest BCUT2D eigenvalue weighted by atomic mass is 35.5. The molecule has 0 saturated heterocycles. The monoisotopic (exact) mass is 541 g/mol. The Morgan fingerprint density at radius 1 is 0.974 bits per heavy atom. The Morgan fingerprint density at radius 2 is 1.68 bits per heavy atom. The summed E-state index contributed by atoms with van der Waals surface area (Å²) in [6, 6.07) is 8.12. The first kappa shape index (κ1) is 28.7. The Morgan fingerprint density at radius 3 is 2.39 bits per heavy atom. The summed E-state index contributed by atoms with van der Waals surface area (Å²) in [7, 11) is 0. The van der Waals surface area contributed by atoms with Gasteiger partial charge in [0.1, 0.15) is 0 Å². The zero-order chi connectivity index (χ0) is 27.5. The number of allylic oxidation sites excluding steroid dienone is 1. The minimum Gasteiger partial charge on any atom is -0.393 e. The van der Waals surface area contributed by atoms with Gasteiger partial charge in [-0.25, -0.2) is 0 Å². The summed E-state index contributed by atoms with van der Waals surface area (Å²) >= 11 is 6.02. The van der Waals surface area contributed by atoms with Gasteiger partial charge in [-0.2, -0.15) is 0 Å².